The van der Waals surface area contributed by atoms with Gasteiger partial charge >= 0.3 is 0 Å². The number of benzene rings is 2. The number of fused-ring (bicyclic) bond motifs is 1. The Bertz CT molecular complexity index is 1290. The molecule has 0 fully saturated rings. The summed E-state index contributed by atoms with van der Waals surface area (Å²) in [4.78, 5) is 25.4. The molecule has 31 heavy (non-hydrogen) atoms. The fraction of sp³-hybridized carbons (Fsp3) is 0.250. The maximum Gasteiger partial charge on any atom is 0.295 e. The first-order valence-corrected chi connectivity index (χ1v) is 10.3. The summed E-state index contributed by atoms with van der Waals surface area (Å²) in [6, 6.07) is 17.8. The zero-order valence-corrected chi connectivity index (χ0v) is 17.9. The Morgan fingerprint density at radius 2 is 1.68 bits per heavy atom. The van der Waals surface area contributed by atoms with Gasteiger partial charge in [-0.1, -0.05) is 48.0 Å². The van der Waals surface area contributed by atoms with Gasteiger partial charge in [-0.25, -0.2) is 9.36 Å². The van der Waals surface area contributed by atoms with E-state index in [4.69, 9.17) is 0 Å². The van der Waals surface area contributed by atoms with Crippen molar-refractivity contribution in [1.82, 2.24) is 24.9 Å². The summed E-state index contributed by atoms with van der Waals surface area (Å²) in [5.41, 5.74) is 4.69. The van der Waals surface area contributed by atoms with Gasteiger partial charge in [-0.15, -0.1) is 0 Å². The first kappa shape index (κ1) is 20.5. The largest absolute Gasteiger partial charge is 0.354 e. The van der Waals surface area contributed by atoms with Gasteiger partial charge in [0.2, 0.25) is 5.91 Å². The summed E-state index contributed by atoms with van der Waals surface area (Å²) in [5.74, 6) is -0.250. The molecule has 0 spiro atoms. The highest BCUT2D eigenvalue weighted by Gasteiger charge is 2.18. The molecule has 2 heterocycles. The van der Waals surface area contributed by atoms with E-state index in [-0.39, 0.29) is 18.0 Å². The average Bonchev–Trinajstić information content (AvgIpc) is 3.12. The van der Waals surface area contributed by atoms with Gasteiger partial charge in [-0.05, 0) is 44.9 Å². The Morgan fingerprint density at radius 3 is 2.39 bits per heavy atom. The molecular formula is C24H25N5O2. The van der Waals surface area contributed by atoms with Crippen molar-refractivity contribution < 1.29 is 4.79 Å². The predicted molar refractivity (Wildman–Crippen MR) is 120 cm³/mol. The van der Waals surface area contributed by atoms with Gasteiger partial charge in [0.05, 0.1) is 22.5 Å². The first-order valence-electron chi connectivity index (χ1n) is 10.3. The monoisotopic (exact) mass is 415 g/mol. The van der Waals surface area contributed by atoms with E-state index in [0.717, 1.165) is 28.8 Å². The molecule has 0 aliphatic carbocycles. The van der Waals surface area contributed by atoms with E-state index in [2.05, 4.69) is 39.8 Å². The van der Waals surface area contributed by atoms with Crippen LogP contribution in [0.25, 0.3) is 16.6 Å². The van der Waals surface area contributed by atoms with Gasteiger partial charge in [0.1, 0.15) is 6.54 Å². The Kier molecular flexibility index (Phi) is 5.66. The molecule has 1 N–H and O–H groups in total. The number of carbonyl (C=O) groups excluding carboxylic acids is 1. The Hall–Kier alpha value is -3.74. The standard InChI is InChI=1S/C24H25N5O2/c1-16-9-11-19(12-10-16)13-14-25-21(30)15-28-24(31)23-22(17(2)26-28)18(3)29(27-23)20-7-5-4-6-8-20/h4-12H,13-15H2,1-3H3,(H,25,30). The number of carbonyl (C=O) groups is 1. The second kappa shape index (κ2) is 8.55. The molecule has 4 aromatic rings. The summed E-state index contributed by atoms with van der Waals surface area (Å²) in [5, 5.41) is 12.5. The van der Waals surface area contributed by atoms with Crippen molar-refractivity contribution in [3.05, 3.63) is 87.5 Å². The number of rotatable bonds is 6. The molecule has 7 heteroatoms. The van der Waals surface area contributed by atoms with Crippen LogP contribution in [0.2, 0.25) is 0 Å². The summed E-state index contributed by atoms with van der Waals surface area (Å²) in [6.45, 7) is 6.15. The van der Waals surface area contributed by atoms with Crippen molar-refractivity contribution in [2.45, 2.75) is 33.7 Å². The third-order valence-electron chi connectivity index (χ3n) is 5.34. The molecule has 4 rings (SSSR count). The van der Waals surface area contributed by atoms with E-state index in [0.29, 0.717) is 17.8 Å². The zero-order chi connectivity index (χ0) is 22.0. The van der Waals surface area contributed by atoms with Crippen LogP contribution in [0.1, 0.15) is 22.5 Å². The van der Waals surface area contributed by atoms with Crippen LogP contribution in [0.3, 0.4) is 0 Å². The van der Waals surface area contributed by atoms with Gasteiger partial charge in [-0.2, -0.15) is 10.2 Å². The lowest BCUT2D eigenvalue weighted by atomic mass is 10.1. The topological polar surface area (TPSA) is 81.8 Å². The van der Waals surface area contributed by atoms with Crippen LogP contribution < -0.4 is 10.9 Å². The van der Waals surface area contributed by atoms with Gasteiger partial charge in [0, 0.05) is 6.54 Å². The van der Waals surface area contributed by atoms with Crippen LogP contribution in [0.15, 0.2) is 59.4 Å². The molecule has 2 aromatic heterocycles. The second-order valence-electron chi connectivity index (χ2n) is 7.69. The fourth-order valence-corrected chi connectivity index (χ4v) is 3.70. The molecule has 0 saturated carbocycles. The molecule has 0 aliphatic rings. The Morgan fingerprint density at radius 1 is 0.968 bits per heavy atom. The van der Waals surface area contributed by atoms with E-state index < -0.39 is 0 Å². The minimum Gasteiger partial charge on any atom is -0.354 e. The van der Waals surface area contributed by atoms with Crippen molar-refractivity contribution in [2.24, 2.45) is 0 Å². The minimum absolute atomic E-state index is 0.138. The third kappa shape index (κ3) is 4.26. The number of para-hydroxylation sites is 1. The smallest absolute Gasteiger partial charge is 0.295 e. The first-order chi connectivity index (χ1) is 14.9. The summed E-state index contributed by atoms with van der Waals surface area (Å²) < 4.78 is 2.94. The van der Waals surface area contributed by atoms with Crippen molar-refractivity contribution >= 4 is 16.8 Å². The van der Waals surface area contributed by atoms with Crippen LogP contribution in [0.4, 0.5) is 0 Å². The SMILES string of the molecule is Cc1ccc(CCNC(=O)Cn2nc(C)c3c(C)n(-c4ccccc4)nc3c2=O)cc1. The van der Waals surface area contributed by atoms with E-state index in [1.54, 1.807) is 4.68 Å². The number of aryl methyl sites for hydroxylation is 3. The number of nitrogens with one attached hydrogen (secondary N) is 1. The van der Waals surface area contributed by atoms with Crippen LogP contribution in [0.5, 0.6) is 0 Å². The molecule has 1 amide bonds. The number of nitrogens with zero attached hydrogens (tertiary/aromatic N) is 4. The Labute approximate surface area is 180 Å². The van der Waals surface area contributed by atoms with Crippen molar-refractivity contribution in [1.29, 1.82) is 0 Å². The summed E-state index contributed by atoms with van der Waals surface area (Å²) in [7, 11) is 0. The molecule has 0 bridgehead atoms. The van der Waals surface area contributed by atoms with Crippen LogP contribution in [-0.2, 0) is 17.8 Å². The molecule has 7 nitrogen and oxygen atoms in total. The van der Waals surface area contributed by atoms with Crippen molar-refractivity contribution in [3.8, 4) is 5.69 Å². The molecule has 0 radical (unpaired) electrons. The normalized spacial score (nSPS) is 11.1. The van der Waals surface area contributed by atoms with E-state index in [9.17, 15) is 9.59 Å². The van der Waals surface area contributed by atoms with E-state index in [1.165, 1.54) is 10.2 Å². The number of hydrogen-bond acceptors (Lipinski definition) is 4. The quantitative estimate of drug-likeness (QED) is 0.525. The highest BCUT2D eigenvalue weighted by atomic mass is 16.2. The zero-order valence-electron chi connectivity index (χ0n) is 17.9. The highest BCUT2D eigenvalue weighted by molar-refractivity contribution is 5.83. The van der Waals surface area contributed by atoms with Crippen LogP contribution in [0, 0.1) is 20.8 Å². The predicted octanol–water partition coefficient (Wildman–Crippen LogP) is 2.87. The third-order valence-corrected chi connectivity index (χ3v) is 5.34. The number of hydrogen-bond donors (Lipinski definition) is 1. The fourth-order valence-electron chi connectivity index (χ4n) is 3.70. The van der Waals surface area contributed by atoms with Crippen molar-refractivity contribution in [2.75, 3.05) is 6.54 Å². The molecule has 0 atom stereocenters. The van der Waals surface area contributed by atoms with Gasteiger partial charge in [0.15, 0.2) is 5.52 Å². The molecule has 2 aromatic carbocycles. The highest BCUT2D eigenvalue weighted by Crippen LogP contribution is 2.20. The number of aromatic nitrogens is 4. The minimum atomic E-state index is -0.368. The molecule has 158 valence electrons. The molecule has 0 saturated heterocycles. The maximum atomic E-state index is 13.0. The lowest BCUT2D eigenvalue weighted by Gasteiger charge is -2.08. The van der Waals surface area contributed by atoms with Gasteiger partial charge in [0.25, 0.3) is 5.56 Å². The maximum absolute atomic E-state index is 13.0. The average molecular weight is 415 g/mol. The van der Waals surface area contributed by atoms with Crippen molar-refractivity contribution in [3.63, 3.8) is 0 Å². The number of amides is 1. The van der Waals surface area contributed by atoms with Crippen LogP contribution >= 0.6 is 0 Å². The van der Waals surface area contributed by atoms with Gasteiger partial charge in [-0.3, -0.25) is 9.59 Å². The van der Waals surface area contributed by atoms with Crippen LogP contribution in [-0.4, -0.2) is 32.0 Å². The molecule has 0 unspecified atom stereocenters. The lowest BCUT2D eigenvalue weighted by molar-refractivity contribution is -0.121. The summed E-state index contributed by atoms with van der Waals surface area (Å²) >= 11 is 0. The van der Waals surface area contributed by atoms with E-state index in [1.807, 2.05) is 51.1 Å². The second-order valence-corrected chi connectivity index (χ2v) is 7.69. The molecule has 0 aliphatic heterocycles. The molecular weight excluding hydrogens is 390 g/mol. The van der Waals surface area contributed by atoms with Gasteiger partial charge < -0.3 is 5.32 Å². The summed E-state index contributed by atoms with van der Waals surface area (Å²) in [6.07, 6.45) is 0.729. The van der Waals surface area contributed by atoms with E-state index >= 15 is 0 Å². The lowest BCUT2D eigenvalue weighted by Crippen LogP contribution is -2.35. The Balaban J connectivity index is 1.53.